The molecule has 11 heteroatoms. The molecule has 0 atom stereocenters. The molecule has 0 aliphatic carbocycles. The van der Waals surface area contributed by atoms with E-state index in [0.717, 1.165) is 15.7 Å². The SMILES string of the molecule is O=C(O)Nc1cc(COc2cccnc2N2CCN(C(=O)Nc3cccc(Br)c3)CC2)ccn1. The van der Waals surface area contributed by atoms with Crippen LogP contribution in [0.15, 0.2) is 65.4 Å². The summed E-state index contributed by atoms with van der Waals surface area (Å²) in [5.41, 5.74) is 1.50. The summed E-state index contributed by atoms with van der Waals surface area (Å²) in [4.78, 5) is 35.8. The molecule has 0 bridgehead atoms. The van der Waals surface area contributed by atoms with Crippen molar-refractivity contribution in [1.82, 2.24) is 14.9 Å². The lowest BCUT2D eigenvalue weighted by Gasteiger charge is -2.35. The van der Waals surface area contributed by atoms with Crippen molar-refractivity contribution < 1.29 is 19.4 Å². The van der Waals surface area contributed by atoms with E-state index >= 15 is 0 Å². The summed E-state index contributed by atoms with van der Waals surface area (Å²) in [6.45, 7) is 2.54. The molecule has 2 aromatic heterocycles. The van der Waals surface area contributed by atoms with Crippen molar-refractivity contribution in [1.29, 1.82) is 0 Å². The van der Waals surface area contributed by atoms with Crippen molar-refractivity contribution in [2.75, 3.05) is 41.7 Å². The smallest absolute Gasteiger partial charge is 0.410 e. The van der Waals surface area contributed by atoms with E-state index in [1.165, 1.54) is 6.20 Å². The van der Waals surface area contributed by atoms with Crippen LogP contribution in [0.5, 0.6) is 5.75 Å². The lowest BCUT2D eigenvalue weighted by Crippen LogP contribution is -2.50. The first-order valence-corrected chi connectivity index (χ1v) is 11.4. The fourth-order valence-electron chi connectivity index (χ4n) is 3.53. The minimum Gasteiger partial charge on any atom is -0.485 e. The topological polar surface area (TPSA) is 120 Å². The number of hydrogen-bond acceptors (Lipinski definition) is 6. The number of nitrogens with one attached hydrogen (secondary N) is 2. The van der Waals surface area contributed by atoms with Gasteiger partial charge in [0, 0.05) is 48.7 Å². The van der Waals surface area contributed by atoms with Gasteiger partial charge in [-0.15, -0.1) is 0 Å². The highest BCUT2D eigenvalue weighted by atomic mass is 79.9. The number of carbonyl (C=O) groups excluding carboxylic acids is 1. The number of urea groups is 1. The standard InChI is InChI=1S/C23H23BrN6O4/c24-17-3-1-4-18(14-17)27-22(31)30-11-9-29(10-12-30)21-19(5-2-7-26-21)34-15-16-6-8-25-20(13-16)28-23(32)33/h1-8,13-14H,9-12,15H2,(H,25,28)(H,27,31)(H,32,33). The molecule has 1 aliphatic heterocycles. The molecule has 3 N–H and O–H groups in total. The number of pyridine rings is 2. The Morgan fingerprint density at radius 3 is 2.59 bits per heavy atom. The number of carboxylic acid groups (broad SMARTS) is 1. The number of rotatable bonds is 6. The van der Waals surface area contributed by atoms with Gasteiger partial charge in [-0.05, 0) is 48.0 Å². The van der Waals surface area contributed by atoms with E-state index in [-0.39, 0.29) is 18.5 Å². The Morgan fingerprint density at radius 1 is 1.00 bits per heavy atom. The Bertz CT molecular complexity index is 1170. The molecule has 0 spiro atoms. The van der Waals surface area contributed by atoms with E-state index in [4.69, 9.17) is 9.84 Å². The first-order valence-electron chi connectivity index (χ1n) is 10.6. The van der Waals surface area contributed by atoms with Gasteiger partial charge in [-0.3, -0.25) is 5.32 Å². The summed E-state index contributed by atoms with van der Waals surface area (Å²) in [5, 5.41) is 14.0. The minimum absolute atomic E-state index is 0.140. The lowest BCUT2D eigenvalue weighted by atomic mass is 10.2. The Kier molecular flexibility index (Phi) is 7.43. The molecule has 176 valence electrons. The number of piperazine rings is 1. The highest BCUT2D eigenvalue weighted by Gasteiger charge is 2.24. The van der Waals surface area contributed by atoms with Gasteiger partial charge >= 0.3 is 12.1 Å². The van der Waals surface area contributed by atoms with Crippen molar-refractivity contribution in [2.24, 2.45) is 0 Å². The molecule has 3 amide bonds. The molecule has 10 nitrogen and oxygen atoms in total. The van der Waals surface area contributed by atoms with Crippen LogP contribution in [0.2, 0.25) is 0 Å². The first kappa shape index (κ1) is 23.3. The predicted molar refractivity (Wildman–Crippen MR) is 131 cm³/mol. The Balaban J connectivity index is 1.35. The van der Waals surface area contributed by atoms with Crippen LogP contribution < -0.4 is 20.3 Å². The van der Waals surface area contributed by atoms with Gasteiger partial charge in [0.2, 0.25) is 0 Å². The van der Waals surface area contributed by atoms with E-state index in [2.05, 4.69) is 41.4 Å². The average molecular weight is 527 g/mol. The van der Waals surface area contributed by atoms with Gasteiger partial charge < -0.3 is 25.0 Å². The third-order valence-corrected chi connectivity index (χ3v) is 5.64. The van der Waals surface area contributed by atoms with Gasteiger partial charge in [0.25, 0.3) is 0 Å². The van der Waals surface area contributed by atoms with E-state index in [0.29, 0.717) is 37.7 Å². The van der Waals surface area contributed by atoms with Crippen molar-refractivity contribution in [2.45, 2.75) is 6.61 Å². The van der Waals surface area contributed by atoms with Crippen LogP contribution >= 0.6 is 15.9 Å². The summed E-state index contributed by atoms with van der Waals surface area (Å²) < 4.78 is 6.90. The maximum absolute atomic E-state index is 12.6. The summed E-state index contributed by atoms with van der Waals surface area (Å²) in [5.74, 6) is 1.55. The number of amides is 3. The molecule has 0 saturated carbocycles. The highest BCUT2D eigenvalue weighted by molar-refractivity contribution is 9.10. The van der Waals surface area contributed by atoms with E-state index in [9.17, 15) is 9.59 Å². The number of aromatic nitrogens is 2. The quantitative estimate of drug-likeness (QED) is 0.438. The van der Waals surface area contributed by atoms with E-state index in [1.54, 1.807) is 29.3 Å². The lowest BCUT2D eigenvalue weighted by molar-refractivity contribution is 0.207. The van der Waals surface area contributed by atoms with E-state index in [1.807, 2.05) is 30.3 Å². The highest BCUT2D eigenvalue weighted by Crippen LogP contribution is 2.27. The van der Waals surface area contributed by atoms with Crippen molar-refractivity contribution in [3.8, 4) is 5.75 Å². The average Bonchev–Trinajstić information content (AvgIpc) is 2.83. The zero-order valence-corrected chi connectivity index (χ0v) is 19.7. The number of nitrogens with zero attached hydrogens (tertiary/aromatic N) is 4. The van der Waals surface area contributed by atoms with Gasteiger partial charge in [0.05, 0.1) is 0 Å². The minimum atomic E-state index is -1.18. The van der Waals surface area contributed by atoms with Crippen molar-refractivity contribution in [3.05, 3.63) is 71.0 Å². The van der Waals surface area contributed by atoms with Crippen molar-refractivity contribution >= 4 is 45.4 Å². The Labute approximate surface area is 204 Å². The number of benzene rings is 1. The molecule has 0 radical (unpaired) electrons. The third kappa shape index (κ3) is 6.13. The first-order chi connectivity index (χ1) is 16.5. The number of halogens is 1. The van der Waals surface area contributed by atoms with Crippen LogP contribution in [0.3, 0.4) is 0 Å². The van der Waals surface area contributed by atoms with Crippen LogP contribution in [0.25, 0.3) is 0 Å². The van der Waals surface area contributed by atoms with Crippen LogP contribution in [0, 0.1) is 0 Å². The number of ether oxygens (including phenoxy) is 1. The van der Waals surface area contributed by atoms with Gasteiger partial charge in [-0.1, -0.05) is 22.0 Å². The molecule has 1 aliphatic rings. The predicted octanol–water partition coefficient (Wildman–Crippen LogP) is 4.26. The molecule has 4 rings (SSSR count). The van der Waals surface area contributed by atoms with Gasteiger partial charge in [-0.25, -0.2) is 19.6 Å². The molecule has 3 heterocycles. The Morgan fingerprint density at radius 2 is 1.82 bits per heavy atom. The molecular formula is C23H23BrN6O4. The molecule has 1 aromatic carbocycles. The summed E-state index contributed by atoms with van der Waals surface area (Å²) in [6, 6.07) is 14.3. The fraction of sp³-hybridized carbons (Fsp3) is 0.217. The number of hydrogen-bond donors (Lipinski definition) is 3. The fourth-order valence-corrected chi connectivity index (χ4v) is 3.92. The third-order valence-electron chi connectivity index (χ3n) is 5.15. The second-order valence-corrected chi connectivity index (χ2v) is 8.42. The van der Waals surface area contributed by atoms with Crippen LogP contribution in [0.4, 0.5) is 26.9 Å². The molecular weight excluding hydrogens is 504 g/mol. The second-order valence-electron chi connectivity index (χ2n) is 7.51. The monoisotopic (exact) mass is 526 g/mol. The van der Waals surface area contributed by atoms with Crippen LogP contribution in [-0.4, -0.2) is 58.3 Å². The Hall–Kier alpha value is -3.86. The second kappa shape index (κ2) is 10.8. The van der Waals surface area contributed by atoms with Gasteiger partial charge in [0.1, 0.15) is 12.4 Å². The maximum Gasteiger partial charge on any atom is 0.410 e. The molecule has 34 heavy (non-hydrogen) atoms. The van der Waals surface area contributed by atoms with Crippen molar-refractivity contribution in [3.63, 3.8) is 0 Å². The zero-order chi connectivity index (χ0) is 23.9. The normalized spacial score (nSPS) is 13.3. The van der Waals surface area contributed by atoms with Crippen LogP contribution in [0.1, 0.15) is 5.56 Å². The molecule has 0 unspecified atom stereocenters. The largest absolute Gasteiger partial charge is 0.485 e. The van der Waals surface area contributed by atoms with Gasteiger partial charge in [-0.2, -0.15) is 0 Å². The maximum atomic E-state index is 12.6. The summed E-state index contributed by atoms with van der Waals surface area (Å²) >= 11 is 3.41. The molecule has 1 fully saturated rings. The van der Waals surface area contributed by atoms with Gasteiger partial charge in [0.15, 0.2) is 11.6 Å². The molecule has 1 saturated heterocycles. The number of carbonyl (C=O) groups is 2. The van der Waals surface area contributed by atoms with E-state index < -0.39 is 6.09 Å². The summed E-state index contributed by atoms with van der Waals surface area (Å²) in [6.07, 6.45) is 2.05. The summed E-state index contributed by atoms with van der Waals surface area (Å²) in [7, 11) is 0. The number of anilines is 3. The zero-order valence-electron chi connectivity index (χ0n) is 18.1. The van der Waals surface area contributed by atoms with Crippen LogP contribution in [-0.2, 0) is 6.61 Å². The molecule has 3 aromatic rings.